The maximum Gasteiger partial charge on any atom is 0.105 e. The summed E-state index contributed by atoms with van der Waals surface area (Å²) in [5.41, 5.74) is 9.36. The molecule has 0 amide bonds. The summed E-state index contributed by atoms with van der Waals surface area (Å²) < 4.78 is 2.08. The Kier molecular flexibility index (Phi) is 4.66. The molecule has 1 heterocycles. The van der Waals surface area contributed by atoms with Crippen molar-refractivity contribution in [1.82, 2.24) is 9.78 Å². The molecule has 1 aromatic heterocycles. The predicted molar refractivity (Wildman–Crippen MR) is 88.9 cm³/mol. The van der Waals surface area contributed by atoms with Crippen LogP contribution in [0.3, 0.4) is 0 Å². The molecular formula is C17H23N3S. The van der Waals surface area contributed by atoms with Gasteiger partial charge in [-0.25, -0.2) is 4.68 Å². The summed E-state index contributed by atoms with van der Waals surface area (Å²) in [6, 6.07) is 10.4. The molecule has 2 N–H and O–H groups in total. The summed E-state index contributed by atoms with van der Waals surface area (Å²) in [5, 5.41) is 6.69. The largest absolute Gasteiger partial charge is 0.326 e. The van der Waals surface area contributed by atoms with Crippen LogP contribution in [-0.2, 0) is 6.54 Å². The number of benzene rings is 1. The molecule has 1 aliphatic carbocycles. The predicted octanol–water partition coefficient (Wildman–Crippen LogP) is 4.06. The van der Waals surface area contributed by atoms with E-state index in [0.717, 1.165) is 11.4 Å². The molecule has 2 aromatic rings. The highest BCUT2D eigenvalue weighted by Gasteiger charge is 2.21. The third-order valence-electron chi connectivity index (χ3n) is 4.17. The fraction of sp³-hybridized carbons (Fsp3) is 0.471. The quantitative estimate of drug-likeness (QED) is 0.926. The van der Waals surface area contributed by atoms with E-state index in [1.54, 1.807) is 0 Å². The minimum Gasteiger partial charge on any atom is -0.326 e. The number of nitrogens with zero attached hydrogens (tertiary/aromatic N) is 2. The topological polar surface area (TPSA) is 43.8 Å². The summed E-state index contributed by atoms with van der Waals surface area (Å²) in [6.07, 6.45) is 6.72. The molecule has 1 aromatic carbocycles. The summed E-state index contributed by atoms with van der Waals surface area (Å²) in [6.45, 7) is 2.63. The lowest BCUT2D eigenvalue weighted by Gasteiger charge is -2.22. The van der Waals surface area contributed by atoms with Crippen molar-refractivity contribution in [3.8, 4) is 5.69 Å². The molecule has 0 bridgehead atoms. The Balaban J connectivity index is 1.96. The zero-order valence-electron chi connectivity index (χ0n) is 12.6. The first kappa shape index (κ1) is 14.7. The molecule has 0 saturated heterocycles. The fourth-order valence-corrected chi connectivity index (χ4v) is 4.48. The van der Waals surface area contributed by atoms with Crippen molar-refractivity contribution >= 4 is 11.8 Å². The molecule has 0 atom stereocenters. The van der Waals surface area contributed by atoms with Crippen molar-refractivity contribution < 1.29 is 0 Å². The van der Waals surface area contributed by atoms with Crippen molar-refractivity contribution in [2.24, 2.45) is 5.73 Å². The lowest BCUT2D eigenvalue weighted by molar-refractivity contribution is 0.515. The van der Waals surface area contributed by atoms with Crippen molar-refractivity contribution in [1.29, 1.82) is 0 Å². The van der Waals surface area contributed by atoms with Crippen LogP contribution in [0.5, 0.6) is 0 Å². The van der Waals surface area contributed by atoms with E-state index in [1.807, 2.05) is 17.8 Å². The lowest BCUT2D eigenvalue weighted by Crippen LogP contribution is -2.11. The van der Waals surface area contributed by atoms with Crippen LogP contribution in [0, 0.1) is 6.92 Å². The van der Waals surface area contributed by atoms with Gasteiger partial charge in [0.2, 0.25) is 0 Å². The summed E-state index contributed by atoms with van der Waals surface area (Å²) in [7, 11) is 0. The molecule has 4 heteroatoms. The maximum absolute atomic E-state index is 5.98. The molecule has 21 heavy (non-hydrogen) atoms. The number of hydrogen-bond donors (Lipinski definition) is 1. The first-order valence-corrected chi connectivity index (χ1v) is 8.68. The molecule has 0 spiro atoms. The average molecular weight is 301 g/mol. The van der Waals surface area contributed by atoms with Crippen LogP contribution in [0.2, 0.25) is 0 Å². The Hall–Kier alpha value is -1.26. The van der Waals surface area contributed by atoms with Crippen molar-refractivity contribution in [3.63, 3.8) is 0 Å². The van der Waals surface area contributed by atoms with Gasteiger partial charge in [-0.15, -0.1) is 11.8 Å². The van der Waals surface area contributed by atoms with E-state index in [9.17, 15) is 0 Å². The van der Waals surface area contributed by atoms with E-state index < -0.39 is 0 Å². The van der Waals surface area contributed by atoms with Gasteiger partial charge in [-0.1, -0.05) is 37.5 Å². The standard InChI is InChI=1S/C17H23N3S/c1-13-16(12-18)17(21-15-10-6-3-7-11-15)20(19-13)14-8-4-2-5-9-14/h2,4-5,8-9,15H,3,6-7,10-12,18H2,1H3. The Morgan fingerprint density at radius 2 is 1.90 bits per heavy atom. The van der Waals surface area contributed by atoms with Gasteiger partial charge in [0.1, 0.15) is 5.03 Å². The van der Waals surface area contributed by atoms with Gasteiger partial charge in [0.25, 0.3) is 0 Å². The van der Waals surface area contributed by atoms with Gasteiger partial charge in [-0.05, 0) is 31.9 Å². The third-order valence-corrected chi connectivity index (χ3v) is 5.62. The maximum atomic E-state index is 5.98. The van der Waals surface area contributed by atoms with Crippen LogP contribution in [-0.4, -0.2) is 15.0 Å². The molecule has 0 radical (unpaired) electrons. The van der Waals surface area contributed by atoms with Gasteiger partial charge >= 0.3 is 0 Å². The Morgan fingerprint density at radius 3 is 2.57 bits per heavy atom. The van der Waals surface area contributed by atoms with E-state index in [0.29, 0.717) is 11.8 Å². The highest BCUT2D eigenvalue weighted by Crippen LogP contribution is 2.37. The van der Waals surface area contributed by atoms with Crippen molar-refractivity contribution in [2.75, 3.05) is 0 Å². The van der Waals surface area contributed by atoms with Gasteiger partial charge < -0.3 is 5.73 Å². The molecule has 3 rings (SSSR count). The third kappa shape index (κ3) is 3.16. The van der Waals surface area contributed by atoms with Crippen LogP contribution in [0.25, 0.3) is 5.69 Å². The molecule has 1 aliphatic rings. The van der Waals surface area contributed by atoms with Gasteiger partial charge in [0.15, 0.2) is 0 Å². The van der Waals surface area contributed by atoms with E-state index in [-0.39, 0.29) is 0 Å². The number of thioether (sulfide) groups is 1. The average Bonchev–Trinajstić information content (AvgIpc) is 2.85. The zero-order chi connectivity index (χ0) is 14.7. The second-order valence-corrected chi connectivity index (χ2v) is 6.99. The molecule has 3 nitrogen and oxygen atoms in total. The monoisotopic (exact) mass is 301 g/mol. The number of rotatable bonds is 4. The second-order valence-electron chi connectivity index (χ2n) is 5.70. The van der Waals surface area contributed by atoms with Crippen LogP contribution in [0.4, 0.5) is 0 Å². The minimum atomic E-state index is 0.563. The Bertz CT molecular complexity index is 586. The number of aromatic nitrogens is 2. The van der Waals surface area contributed by atoms with Crippen molar-refractivity contribution in [2.45, 2.75) is 55.8 Å². The Labute approximate surface area is 130 Å². The van der Waals surface area contributed by atoms with Crippen LogP contribution >= 0.6 is 11.8 Å². The minimum absolute atomic E-state index is 0.563. The highest BCUT2D eigenvalue weighted by atomic mass is 32.2. The van der Waals surface area contributed by atoms with Crippen molar-refractivity contribution in [3.05, 3.63) is 41.6 Å². The summed E-state index contributed by atoms with van der Waals surface area (Å²) >= 11 is 1.98. The SMILES string of the molecule is Cc1nn(-c2ccccc2)c(SC2CCCCC2)c1CN. The van der Waals surface area contributed by atoms with Gasteiger partial charge in [-0.3, -0.25) is 0 Å². The molecule has 112 valence electrons. The zero-order valence-corrected chi connectivity index (χ0v) is 13.4. The number of para-hydroxylation sites is 1. The van der Waals surface area contributed by atoms with E-state index in [2.05, 4.69) is 35.9 Å². The number of hydrogen-bond acceptors (Lipinski definition) is 3. The summed E-state index contributed by atoms with van der Waals surface area (Å²) in [5.74, 6) is 0. The van der Waals surface area contributed by atoms with E-state index in [1.165, 1.54) is 42.7 Å². The first-order valence-electron chi connectivity index (χ1n) is 7.80. The van der Waals surface area contributed by atoms with E-state index >= 15 is 0 Å². The van der Waals surface area contributed by atoms with Gasteiger partial charge in [0.05, 0.1) is 11.4 Å². The van der Waals surface area contributed by atoms with Crippen LogP contribution in [0.1, 0.15) is 43.4 Å². The number of nitrogens with two attached hydrogens (primary N) is 1. The smallest absolute Gasteiger partial charge is 0.105 e. The van der Waals surface area contributed by atoms with Crippen LogP contribution in [0.15, 0.2) is 35.4 Å². The van der Waals surface area contributed by atoms with E-state index in [4.69, 9.17) is 10.8 Å². The van der Waals surface area contributed by atoms with Crippen LogP contribution < -0.4 is 5.73 Å². The summed E-state index contributed by atoms with van der Waals surface area (Å²) in [4.78, 5) is 0. The molecule has 0 aliphatic heterocycles. The second kappa shape index (κ2) is 6.67. The van der Waals surface area contributed by atoms with Gasteiger partial charge in [-0.2, -0.15) is 5.10 Å². The molecule has 1 saturated carbocycles. The molecule has 1 fully saturated rings. The first-order chi connectivity index (χ1) is 10.3. The normalized spacial score (nSPS) is 16.3. The lowest BCUT2D eigenvalue weighted by atomic mass is 10.0. The Morgan fingerprint density at radius 1 is 1.19 bits per heavy atom. The van der Waals surface area contributed by atoms with Gasteiger partial charge in [0, 0.05) is 17.4 Å². The molecular weight excluding hydrogens is 278 g/mol. The fourth-order valence-electron chi connectivity index (χ4n) is 2.98. The highest BCUT2D eigenvalue weighted by molar-refractivity contribution is 7.99. The number of aryl methyl sites for hydroxylation is 1. The molecule has 0 unspecified atom stereocenters.